The average Bonchev–Trinajstić information content (AvgIpc) is 2.65. The van der Waals surface area contributed by atoms with Crippen molar-refractivity contribution in [3.63, 3.8) is 0 Å². The van der Waals surface area contributed by atoms with Crippen molar-refractivity contribution in [2.24, 2.45) is 17.6 Å². The van der Waals surface area contributed by atoms with E-state index in [0.717, 1.165) is 25.2 Å². The number of aryl methyl sites for hydroxylation is 1. The Balaban J connectivity index is 2.61. The topological polar surface area (TPSA) is 43.8 Å². The van der Waals surface area contributed by atoms with Crippen molar-refractivity contribution in [3.8, 4) is 0 Å². The van der Waals surface area contributed by atoms with Crippen LogP contribution in [0.3, 0.4) is 0 Å². The van der Waals surface area contributed by atoms with Crippen LogP contribution in [0.5, 0.6) is 0 Å². The molecular weight excluding hydrogens is 198 g/mol. The highest BCUT2D eigenvalue weighted by atomic mass is 15.1. The number of nitrogens with two attached hydrogens (primary N) is 1. The third kappa shape index (κ3) is 3.34. The predicted octanol–water partition coefficient (Wildman–Crippen LogP) is 2.46. The summed E-state index contributed by atoms with van der Waals surface area (Å²) >= 11 is 0. The lowest BCUT2D eigenvalue weighted by Crippen LogP contribution is -2.34. The van der Waals surface area contributed by atoms with Crippen LogP contribution in [0, 0.1) is 11.8 Å². The van der Waals surface area contributed by atoms with Crippen LogP contribution < -0.4 is 5.73 Å². The first-order chi connectivity index (χ1) is 7.56. The first-order valence-electron chi connectivity index (χ1n) is 6.31. The number of nitrogens with zero attached hydrogens (tertiary/aromatic N) is 2. The minimum absolute atomic E-state index is 0.206. The van der Waals surface area contributed by atoms with Gasteiger partial charge >= 0.3 is 0 Å². The monoisotopic (exact) mass is 223 g/mol. The fourth-order valence-electron chi connectivity index (χ4n) is 1.87. The molecule has 0 aliphatic heterocycles. The first kappa shape index (κ1) is 13.2. The van der Waals surface area contributed by atoms with Gasteiger partial charge in [0, 0.05) is 31.4 Å². The Morgan fingerprint density at radius 3 is 2.62 bits per heavy atom. The highest BCUT2D eigenvalue weighted by Gasteiger charge is 2.18. The molecule has 92 valence electrons. The van der Waals surface area contributed by atoms with Crippen molar-refractivity contribution in [3.05, 3.63) is 18.2 Å². The third-order valence-corrected chi connectivity index (χ3v) is 3.41. The molecule has 3 nitrogen and oxygen atoms in total. The van der Waals surface area contributed by atoms with E-state index >= 15 is 0 Å². The largest absolute Gasteiger partial charge is 0.335 e. The van der Waals surface area contributed by atoms with Crippen molar-refractivity contribution < 1.29 is 0 Å². The molecule has 0 bridgehead atoms. The van der Waals surface area contributed by atoms with E-state index < -0.39 is 0 Å². The quantitative estimate of drug-likeness (QED) is 0.805. The molecule has 0 fully saturated rings. The van der Waals surface area contributed by atoms with E-state index in [1.807, 2.05) is 12.4 Å². The fourth-order valence-corrected chi connectivity index (χ4v) is 1.87. The second-order valence-electron chi connectivity index (χ2n) is 5.01. The second kappa shape index (κ2) is 6.04. The zero-order valence-corrected chi connectivity index (χ0v) is 11.0. The molecule has 0 saturated carbocycles. The Morgan fingerprint density at radius 1 is 1.38 bits per heavy atom. The van der Waals surface area contributed by atoms with Gasteiger partial charge in [-0.2, -0.15) is 0 Å². The molecule has 2 unspecified atom stereocenters. The summed E-state index contributed by atoms with van der Waals surface area (Å²) in [7, 11) is 0. The van der Waals surface area contributed by atoms with E-state index in [4.69, 9.17) is 5.73 Å². The maximum atomic E-state index is 6.22. The smallest absolute Gasteiger partial charge is 0.110 e. The summed E-state index contributed by atoms with van der Waals surface area (Å²) in [6.45, 7) is 9.90. The molecule has 1 heterocycles. The van der Waals surface area contributed by atoms with Gasteiger partial charge in [-0.15, -0.1) is 0 Å². The van der Waals surface area contributed by atoms with Crippen molar-refractivity contribution in [2.45, 2.75) is 53.1 Å². The summed E-state index contributed by atoms with van der Waals surface area (Å²) in [4.78, 5) is 4.40. The minimum Gasteiger partial charge on any atom is -0.335 e. The Labute approximate surface area is 99.1 Å². The van der Waals surface area contributed by atoms with Crippen LogP contribution in [0.4, 0.5) is 0 Å². The lowest BCUT2D eigenvalue weighted by Gasteiger charge is -2.23. The van der Waals surface area contributed by atoms with Gasteiger partial charge in [0.05, 0.1) is 0 Å². The van der Waals surface area contributed by atoms with Crippen LogP contribution in [0.2, 0.25) is 0 Å². The van der Waals surface area contributed by atoms with Crippen LogP contribution in [-0.4, -0.2) is 15.6 Å². The van der Waals surface area contributed by atoms with Gasteiger partial charge in [0.1, 0.15) is 5.82 Å². The maximum Gasteiger partial charge on any atom is 0.110 e. The SMILES string of the molecule is CCCn1ccnc1CC(N)C(C)C(C)C. The van der Waals surface area contributed by atoms with E-state index in [0.29, 0.717) is 11.8 Å². The minimum atomic E-state index is 0.206. The van der Waals surface area contributed by atoms with Crippen molar-refractivity contribution in [2.75, 3.05) is 0 Å². The summed E-state index contributed by atoms with van der Waals surface area (Å²) in [5.74, 6) is 2.29. The second-order valence-corrected chi connectivity index (χ2v) is 5.01. The van der Waals surface area contributed by atoms with Crippen LogP contribution in [0.15, 0.2) is 12.4 Å². The van der Waals surface area contributed by atoms with E-state index in [9.17, 15) is 0 Å². The van der Waals surface area contributed by atoms with Gasteiger partial charge in [-0.1, -0.05) is 27.7 Å². The molecule has 2 atom stereocenters. The zero-order chi connectivity index (χ0) is 12.1. The van der Waals surface area contributed by atoms with Crippen molar-refractivity contribution in [1.82, 2.24) is 9.55 Å². The molecule has 16 heavy (non-hydrogen) atoms. The molecule has 1 rings (SSSR count). The lowest BCUT2D eigenvalue weighted by molar-refractivity contribution is 0.338. The van der Waals surface area contributed by atoms with Crippen LogP contribution >= 0.6 is 0 Å². The van der Waals surface area contributed by atoms with Crippen molar-refractivity contribution in [1.29, 1.82) is 0 Å². The number of hydrogen-bond donors (Lipinski definition) is 1. The molecule has 0 amide bonds. The number of aromatic nitrogens is 2. The molecule has 2 N–H and O–H groups in total. The predicted molar refractivity (Wildman–Crippen MR) is 68.2 cm³/mol. The molecule has 0 aliphatic carbocycles. The van der Waals surface area contributed by atoms with E-state index in [-0.39, 0.29) is 6.04 Å². The van der Waals surface area contributed by atoms with Gasteiger partial charge in [-0.05, 0) is 18.3 Å². The standard InChI is InChI=1S/C13H25N3/c1-5-7-16-8-6-15-13(16)9-12(14)11(4)10(2)3/h6,8,10-12H,5,7,9,14H2,1-4H3. The summed E-state index contributed by atoms with van der Waals surface area (Å²) in [5.41, 5.74) is 6.22. The van der Waals surface area contributed by atoms with Crippen LogP contribution in [0.1, 0.15) is 39.9 Å². The summed E-state index contributed by atoms with van der Waals surface area (Å²) in [6.07, 6.45) is 5.94. The van der Waals surface area contributed by atoms with Crippen molar-refractivity contribution >= 4 is 0 Å². The van der Waals surface area contributed by atoms with E-state index in [1.165, 1.54) is 0 Å². The third-order valence-electron chi connectivity index (χ3n) is 3.41. The van der Waals surface area contributed by atoms with E-state index in [2.05, 4.69) is 37.2 Å². The Morgan fingerprint density at radius 2 is 2.06 bits per heavy atom. The van der Waals surface area contributed by atoms with E-state index in [1.54, 1.807) is 0 Å². The lowest BCUT2D eigenvalue weighted by atomic mass is 9.89. The van der Waals surface area contributed by atoms with Crippen LogP contribution in [-0.2, 0) is 13.0 Å². The maximum absolute atomic E-state index is 6.22. The highest BCUT2D eigenvalue weighted by molar-refractivity contribution is 4.96. The summed E-state index contributed by atoms with van der Waals surface area (Å²) < 4.78 is 2.22. The van der Waals surface area contributed by atoms with Crippen LogP contribution in [0.25, 0.3) is 0 Å². The van der Waals surface area contributed by atoms with Gasteiger partial charge in [-0.25, -0.2) is 4.98 Å². The fraction of sp³-hybridized carbons (Fsp3) is 0.769. The molecular formula is C13H25N3. The Hall–Kier alpha value is -0.830. The van der Waals surface area contributed by atoms with Gasteiger partial charge in [0.2, 0.25) is 0 Å². The Bertz CT molecular complexity index is 304. The molecule has 0 radical (unpaired) electrons. The van der Waals surface area contributed by atoms with Gasteiger partial charge in [0.25, 0.3) is 0 Å². The normalized spacial score (nSPS) is 15.4. The molecule has 0 saturated heterocycles. The first-order valence-corrected chi connectivity index (χ1v) is 6.31. The molecule has 0 spiro atoms. The molecule has 1 aromatic heterocycles. The van der Waals surface area contributed by atoms with Gasteiger partial charge < -0.3 is 10.3 Å². The molecule has 3 heteroatoms. The average molecular weight is 223 g/mol. The molecule has 0 aromatic carbocycles. The Kier molecular flexibility index (Phi) is 5.00. The van der Waals surface area contributed by atoms with Gasteiger partial charge in [0.15, 0.2) is 0 Å². The zero-order valence-electron chi connectivity index (χ0n) is 11.0. The summed E-state index contributed by atoms with van der Waals surface area (Å²) in [6, 6.07) is 0.206. The molecule has 0 aliphatic rings. The highest BCUT2D eigenvalue weighted by Crippen LogP contribution is 2.16. The number of imidazole rings is 1. The number of rotatable bonds is 6. The molecule has 1 aromatic rings. The van der Waals surface area contributed by atoms with Gasteiger partial charge in [-0.3, -0.25) is 0 Å². The summed E-state index contributed by atoms with van der Waals surface area (Å²) in [5, 5.41) is 0. The number of hydrogen-bond acceptors (Lipinski definition) is 2.